The minimum absolute atomic E-state index is 0.563. The maximum Gasteiger partial charge on any atom is 0.101 e. The van der Waals surface area contributed by atoms with Crippen LogP contribution in [-0.2, 0) is 13.0 Å². The van der Waals surface area contributed by atoms with Crippen LogP contribution in [0.25, 0.3) is 0 Å². The van der Waals surface area contributed by atoms with Gasteiger partial charge in [-0.15, -0.1) is 6.42 Å². The Hall–Kier alpha value is -1.31. The van der Waals surface area contributed by atoms with Gasteiger partial charge in [-0.25, -0.2) is 0 Å². The third-order valence-corrected chi connectivity index (χ3v) is 2.87. The van der Waals surface area contributed by atoms with E-state index in [1.54, 1.807) is 0 Å². The Morgan fingerprint density at radius 3 is 3.00 bits per heavy atom. The Morgan fingerprint density at radius 2 is 2.25 bits per heavy atom. The van der Waals surface area contributed by atoms with Crippen molar-refractivity contribution in [1.29, 1.82) is 0 Å². The standard InChI is InChI=1S/C12H18N4/c1-2-6-16-11-12(10-14-16)3-7-15-8-4-13-5-9-15/h1,10-11,13H,3-9H2. The molecule has 1 aromatic heterocycles. The molecule has 4 nitrogen and oxygen atoms in total. The van der Waals surface area contributed by atoms with E-state index in [2.05, 4.69) is 21.2 Å². The average molecular weight is 218 g/mol. The van der Waals surface area contributed by atoms with Crippen LogP contribution in [0.15, 0.2) is 12.4 Å². The van der Waals surface area contributed by atoms with Crippen molar-refractivity contribution < 1.29 is 0 Å². The molecular formula is C12H18N4. The van der Waals surface area contributed by atoms with Crippen molar-refractivity contribution >= 4 is 0 Å². The number of piperazine rings is 1. The minimum atomic E-state index is 0.563. The molecule has 86 valence electrons. The van der Waals surface area contributed by atoms with Gasteiger partial charge in [-0.2, -0.15) is 5.10 Å². The van der Waals surface area contributed by atoms with Gasteiger partial charge in [0.05, 0.1) is 6.20 Å². The molecule has 0 radical (unpaired) electrons. The van der Waals surface area contributed by atoms with Crippen LogP contribution in [0.4, 0.5) is 0 Å². The van der Waals surface area contributed by atoms with Crippen molar-refractivity contribution in [3.8, 4) is 12.3 Å². The van der Waals surface area contributed by atoms with Crippen molar-refractivity contribution in [2.24, 2.45) is 0 Å². The fraction of sp³-hybridized carbons (Fsp3) is 0.583. The van der Waals surface area contributed by atoms with Crippen LogP contribution >= 0.6 is 0 Å². The van der Waals surface area contributed by atoms with E-state index in [0.717, 1.165) is 39.1 Å². The monoisotopic (exact) mass is 218 g/mol. The molecule has 2 rings (SSSR count). The lowest BCUT2D eigenvalue weighted by atomic mass is 10.2. The lowest BCUT2D eigenvalue weighted by Gasteiger charge is -2.26. The molecule has 1 aliphatic heterocycles. The smallest absolute Gasteiger partial charge is 0.101 e. The number of nitrogens with zero attached hydrogens (tertiary/aromatic N) is 3. The van der Waals surface area contributed by atoms with Gasteiger partial charge in [-0.1, -0.05) is 5.92 Å². The zero-order valence-electron chi connectivity index (χ0n) is 9.52. The zero-order valence-corrected chi connectivity index (χ0v) is 9.52. The van der Waals surface area contributed by atoms with E-state index >= 15 is 0 Å². The molecule has 1 N–H and O–H groups in total. The summed E-state index contributed by atoms with van der Waals surface area (Å²) in [5, 5.41) is 7.57. The molecule has 0 unspecified atom stereocenters. The van der Waals surface area contributed by atoms with E-state index in [0.29, 0.717) is 6.54 Å². The number of rotatable bonds is 4. The highest BCUT2D eigenvalue weighted by Crippen LogP contribution is 2.01. The van der Waals surface area contributed by atoms with Crippen LogP contribution in [0.3, 0.4) is 0 Å². The highest BCUT2D eigenvalue weighted by Gasteiger charge is 2.09. The van der Waals surface area contributed by atoms with Crippen molar-refractivity contribution in [3.63, 3.8) is 0 Å². The molecule has 16 heavy (non-hydrogen) atoms. The highest BCUT2D eigenvalue weighted by molar-refractivity contribution is 5.05. The highest BCUT2D eigenvalue weighted by atomic mass is 15.3. The molecular weight excluding hydrogens is 200 g/mol. The van der Waals surface area contributed by atoms with Crippen LogP contribution < -0.4 is 5.32 Å². The number of terminal acetylenes is 1. The van der Waals surface area contributed by atoms with E-state index in [1.165, 1.54) is 5.56 Å². The third kappa shape index (κ3) is 3.09. The van der Waals surface area contributed by atoms with Crippen LogP contribution in [-0.4, -0.2) is 47.4 Å². The maximum absolute atomic E-state index is 5.23. The summed E-state index contributed by atoms with van der Waals surface area (Å²) >= 11 is 0. The Balaban J connectivity index is 1.77. The largest absolute Gasteiger partial charge is 0.314 e. The summed E-state index contributed by atoms with van der Waals surface area (Å²) in [5.74, 6) is 2.58. The van der Waals surface area contributed by atoms with E-state index < -0.39 is 0 Å². The topological polar surface area (TPSA) is 33.1 Å². The summed E-state index contributed by atoms with van der Waals surface area (Å²) in [4.78, 5) is 2.48. The Kier molecular flexibility index (Phi) is 3.97. The maximum atomic E-state index is 5.23. The molecule has 0 aromatic carbocycles. The van der Waals surface area contributed by atoms with Gasteiger partial charge in [0, 0.05) is 38.9 Å². The van der Waals surface area contributed by atoms with Gasteiger partial charge in [-0.05, 0) is 12.0 Å². The molecule has 1 saturated heterocycles. The van der Waals surface area contributed by atoms with Crippen LogP contribution in [0.2, 0.25) is 0 Å². The average Bonchev–Trinajstić information content (AvgIpc) is 2.76. The molecule has 0 aliphatic carbocycles. The van der Waals surface area contributed by atoms with E-state index in [1.807, 2.05) is 17.1 Å². The lowest BCUT2D eigenvalue weighted by molar-refractivity contribution is 0.244. The number of hydrogen-bond acceptors (Lipinski definition) is 3. The second kappa shape index (κ2) is 5.69. The van der Waals surface area contributed by atoms with Gasteiger partial charge >= 0.3 is 0 Å². The van der Waals surface area contributed by atoms with Gasteiger partial charge in [-0.3, -0.25) is 4.68 Å². The van der Waals surface area contributed by atoms with Gasteiger partial charge in [0.15, 0.2) is 0 Å². The molecule has 0 spiro atoms. The first-order valence-corrected chi connectivity index (χ1v) is 5.76. The Labute approximate surface area is 96.6 Å². The molecule has 0 atom stereocenters. The van der Waals surface area contributed by atoms with E-state index in [9.17, 15) is 0 Å². The first-order valence-electron chi connectivity index (χ1n) is 5.76. The summed E-state index contributed by atoms with van der Waals surface area (Å²) < 4.78 is 1.81. The fourth-order valence-corrected chi connectivity index (χ4v) is 1.94. The van der Waals surface area contributed by atoms with E-state index in [4.69, 9.17) is 6.42 Å². The van der Waals surface area contributed by atoms with Crippen LogP contribution in [0.5, 0.6) is 0 Å². The van der Waals surface area contributed by atoms with Crippen molar-refractivity contribution in [3.05, 3.63) is 18.0 Å². The van der Waals surface area contributed by atoms with Gasteiger partial charge in [0.2, 0.25) is 0 Å². The predicted molar refractivity (Wildman–Crippen MR) is 64.1 cm³/mol. The van der Waals surface area contributed by atoms with Crippen LogP contribution in [0.1, 0.15) is 5.56 Å². The second-order valence-electron chi connectivity index (χ2n) is 4.09. The number of nitrogens with one attached hydrogen (secondary N) is 1. The van der Waals surface area contributed by atoms with Crippen molar-refractivity contribution in [1.82, 2.24) is 20.0 Å². The van der Waals surface area contributed by atoms with Crippen LogP contribution in [0, 0.1) is 12.3 Å². The third-order valence-electron chi connectivity index (χ3n) is 2.87. The predicted octanol–water partition coefficient (Wildman–Crippen LogP) is -0.0360. The summed E-state index contributed by atoms with van der Waals surface area (Å²) in [5.41, 5.74) is 1.27. The molecule has 1 aromatic rings. The number of hydrogen-bond donors (Lipinski definition) is 1. The molecule has 0 saturated carbocycles. The zero-order chi connectivity index (χ0) is 11.2. The molecule has 1 fully saturated rings. The first-order chi connectivity index (χ1) is 7.88. The molecule has 0 bridgehead atoms. The number of aromatic nitrogens is 2. The second-order valence-corrected chi connectivity index (χ2v) is 4.09. The van der Waals surface area contributed by atoms with Gasteiger partial charge in [0.25, 0.3) is 0 Å². The molecule has 1 aliphatic rings. The SMILES string of the molecule is C#CCn1cc(CCN2CCNCC2)cn1. The van der Waals surface area contributed by atoms with E-state index in [-0.39, 0.29) is 0 Å². The molecule has 0 amide bonds. The summed E-state index contributed by atoms with van der Waals surface area (Å²) in [6, 6.07) is 0. The van der Waals surface area contributed by atoms with Gasteiger partial charge < -0.3 is 10.2 Å². The first kappa shape index (κ1) is 11.2. The Bertz CT molecular complexity index is 357. The Morgan fingerprint density at radius 1 is 1.44 bits per heavy atom. The fourth-order valence-electron chi connectivity index (χ4n) is 1.94. The quantitative estimate of drug-likeness (QED) is 0.720. The molecule has 2 heterocycles. The van der Waals surface area contributed by atoms with Crippen molar-refractivity contribution in [2.75, 3.05) is 32.7 Å². The summed E-state index contributed by atoms with van der Waals surface area (Å²) in [6.07, 6.45) is 10.3. The summed E-state index contributed by atoms with van der Waals surface area (Å²) in [6.45, 7) is 6.20. The molecule has 4 heteroatoms. The van der Waals surface area contributed by atoms with Gasteiger partial charge in [0.1, 0.15) is 6.54 Å². The minimum Gasteiger partial charge on any atom is -0.314 e. The summed E-state index contributed by atoms with van der Waals surface area (Å²) in [7, 11) is 0. The lowest BCUT2D eigenvalue weighted by Crippen LogP contribution is -2.44. The van der Waals surface area contributed by atoms with Crippen molar-refractivity contribution in [2.45, 2.75) is 13.0 Å². The normalized spacial score (nSPS) is 17.2.